The van der Waals surface area contributed by atoms with Crippen LogP contribution in [0.4, 0.5) is 11.4 Å². The predicted octanol–water partition coefficient (Wildman–Crippen LogP) is 2.75. The molecule has 114 valence electrons. The number of amides is 1. The summed E-state index contributed by atoms with van der Waals surface area (Å²) in [5.41, 5.74) is 6.34. The zero-order chi connectivity index (χ0) is 15.5. The Morgan fingerprint density at radius 2 is 2.05 bits per heavy atom. The Morgan fingerprint density at radius 1 is 1.38 bits per heavy atom. The Balaban J connectivity index is 2.19. The second kappa shape index (κ2) is 6.22. The minimum Gasteiger partial charge on any atom is -0.329 e. The van der Waals surface area contributed by atoms with Gasteiger partial charge < -0.3 is 11.1 Å². The zero-order valence-corrected chi connectivity index (χ0v) is 12.2. The van der Waals surface area contributed by atoms with Gasteiger partial charge in [0.1, 0.15) is 0 Å². The highest BCUT2D eigenvalue weighted by molar-refractivity contribution is 5.95. The number of nitro groups is 1. The van der Waals surface area contributed by atoms with Crippen LogP contribution in [-0.4, -0.2) is 17.4 Å². The first-order valence-electron chi connectivity index (χ1n) is 7.25. The molecule has 1 aliphatic carbocycles. The molecule has 1 amide bonds. The van der Waals surface area contributed by atoms with Crippen LogP contribution in [0.15, 0.2) is 18.2 Å². The lowest BCUT2D eigenvalue weighted by molar-refractivity contribution is -0.385. The lowest BCUT2D eigenvalue weighted by atomic mass is 9.73. The van der Waals surface area contributed by atoms with Crippen LogP contribution >= 0.6 is 0 Å². The minimum atomic E-state index is -0.530. The van der Waals surface area contributed by atoms with Crippen molar-refractivity contribution >= 4 is 17.3 Å². The topological polar surface area (TPSA) is 98.3 Å². The Morgan fingerprint density at radius 3 is 2.62 bits per heavy atom. The summed E-state index contributed by atoms with van der Waals surface area (Å²) in [5, 5.41) is 13.8. The number of anilines is 1. The van der Waals surface area contributed by atoms with Crippen molar-refractivity contribution in [2.45, 2.75) is 39.0 Å². The molecule has 21 heavy (non-hydrogen) atoms. The van der Waals surface area contributed by atoms with Crippen molar-refractivity contribution in [1.29, 1.82) is 0 Å². The molecule has 6 nitrogen and oxygen atoms in total. The molecule has 2 rings (SSSR count). The van der Waals surface area contributed by atoms with E-state index in [1.54, 1.807) is 19.1 Å². The summed E-state index contributed by atoms with van der Waals surface area (Å²) in [4.78, 5) is 23.0. The molecule has 1 saturated carbocycles. The van der Waals surface area contributed by atoms with Gasteiger partial charge in [0.05, 0.1) is 10.3 Å². The van der Waals surface area contributed by atoms with Gasteiger partial charge in [0.15, 0.2) is 0 Å². The minimum absolute atomic E-state index is 0.0123. The number of hydrogen-bond donors (Lipinski definition) is 2. The van der Waals surface area contributed by atoms with Crippen LogP contribution in [0.1, 0.15) is 37.7 Å². The number of benzene rings is 1. The molecule has 3 N–H and O–H groups in total. The van der Waals surface area contributed by atoms with Crippen LogP contribution in [0.3, 0.4) is 0 Å². The standard InChI is InChI=1S/C15H21N3O3/c1-11-5-6-12(9-13(11)18(20)21)17-14(19)15(10-16)7-3-2-4-8-15/h5-6,9H,2-4,7-8,10,16H2,1H3,(H,17,19). The molecule has 1 fully saturated rings. The van der Waals surface area contributed by atoms with Gasteiger partial charge in [0.25, 0.3) is 5.69 Å². The third kappa shape index (κ3) is 3.21. The van der Waals surface area contributed by atoms with Crippen molar-refractivity contribution in [3.8, 4) is 0 Å². The van der Waals surface area contributed by atoms with Crippen LogP contribution in [0.25, 0.3) is 0 Å². The number of hydrogen-bond acceptors (Lipinski definition) is 4. The van der Waals surface area contributed by atoms with E-state index in [-0.39, 0.29) is 11.6 Å². The monoisotopic (exact) mass is 291 g/mol. The molecule has 1 aromatic carbocycles. The molecule has 1 aliphatic rings. The van der Waals surface area contributed by atoms with E-state index in [4.69, 9.17) is 5.73 Å². The summed E-state index contributed by atoms with van der Waals surface area (Å²) < 4.78 is 0. The van der Waals surface area contributed by atoms with Gasteiger partial charge in [-0.25, -0.2) is 0 Å². The van der Waals surface area contributed by atoms with E-state index < -0.39 is 10.3 Å². The van der Waals surface area contributed by atoms with Gasteiger partial charge in [-0.3, -0.25) is 14.9 Å². The van der Waals surface area contributed by atoms with E-state index in [9.17, 15) is 14.9 Å². The summed E-state index contributed by atoms with van der Waals surface area (Å²) in [6.45, 7) is 1.99. The summed E-state index contributed by atoms with van der Waals surface area (Å²) in [7, 11) is 0. The second-order valence-corrected chi connectivity index (χ2v) is 5.76. The molecule has 0 heterocycles. The fraction of sp³-hybridized carbons (Fsp3) is 0.533. The van der Waals surface area contributed by atoms with Crippen molar-refractivity contribution in [2.24, 2.45) is 11.1 Å². The molecule has 0 bridgehead atoms. The van der Waals surface area contributed by atoms with E-state index in [0.29, 0.717) is 17.8 Å². The summed E-state index contributed by atoms with van der Waals surface area (Å²) in [6, 6.07) is 4.73. The van der Waals surface area contributed by atoms with Crippen molar-refractivity contribution in [3.63, 3.8) is 0 Å². The highest BCUT2D eigenvalue weighted by Gasteiger charge is 2.38. The number of nitrogens with zero attached hydrogens (tertiary/aromatic N) is 1. The zero-order valence-electron chi connectivity index (χ0n) is 12.2. The molecule has 6 heteroatoms. The van der Waals surface area contributed by atoms with E-state index in [1.165, 1.54) is 6.07 Å². The van der Waals surface area contributed by atoms with Gasteiger partial charge in [-0.05, 0) is 25.8 Å². The highest BCUT2D eigenvalue weighted by Crippen LogP contribution is 2.36. The van der Waals surface area contributed by atoms with Gasteiger partial charge in [-0.2, -0.15) is 0 Å². The summed E-state index contributed by atoms with van der Waals surface area (Å²) in [6.07, 6.45) is 4.69. The number of nitrogens with two attached hydrogens (primary N) is 1. The Kier molecular flexibility index (Phi) is 4.57. The van der Waals surface area contributed by atoms with E-state index in [0.717, 1.165) is 32.1 Å². The molecule has 0 atom stereocenters. The fourth-order valence-electron chi connectivity index (χ4n) is 2.90. The highest BCUT2D eigenvalue weighted by atomic mass is 16.6. The summed E-state index contributed by atoms with van der Waals surface area (Å²) in [5.74, 6) is -0.122. The maximum atomic E-state index is 12.5. The van der Waals surface area contributed by atoms with E-state index in [1.807, 2.05) is 0 Å². The van der Waals surface area contributed by atoms with Crippen molar-refractivity contribution < 1.29 is 9.72 Å². The molecule has 0 spiro atoms. The average Bonchev–Trinajstić information content (AvgIpc) is 2.49. The van der Waals surface area contributed by atoms with Crippen molar-refractivity contribution in [3.05, 3.63) is 33.9 Å². The van der Waals surface area contributed by atoms with Gasteiger partial charge >= 0.3 is 0 Å². The number of nitrogens with one attached hydrogen (secondary N) is 1. The van der Waals surface area contributed by atoms with Crippen molar-refractivity contribution in [1.82, 2.24) is 0 Å². The molecule has 0 unspecified atom stereocenters. The lowest BCUT2D eigenvalue weighted by Gasteiger charge is -2.34. The number of carbonyl (C=O) groups excluding carboxylic acids is 1. The third-order valence-corrected chi connectivity index (χ3v) is 4.35. The summed E-state index contributed by atoms with van der Waals surface area (Å²) >= 11 is 0. The molecule has 1 aromatic rings. The normalized spacial score (nSPS) is 17.2. The maximum absolute atomic E-state index is 12.5. The first-order chi connectivity index (χ1) is 9.98. The first kappa shape index (κ1) is 15.4. The number of nitro benzene ring substituents is 1. The SMILES string of the molecule is Cc1ccc(NC(=O)C2(CN)CCCCC2)cc1[N+](=O)[O-]. The fourth-order valence-corrected chi connectivity index (χ4v) is 2.90. The number of aryl methyl sites for hydroxylation is 1. The van der Waals surface area contributed by atoms with Gasteiger partial charge in [0.2, 0.25) is 5.91 Å². The van der Waals surface area contributed by atoms with Crippen LogP contribution in [0.5, 0.6) is 0 Å². The molecular formula is C15H21N3O3. The van der Waals surface area contributed by atoms with Gasteiger partial charge in [0, 0.05) is 23.9 Å². The molecule has 0 radical (unpaired) electrons. The smallest absolute Gasteiger partial charge is 0.274 e. The number of rotatable bonds is 4. The van der Waals surface area contributed by atoms with Crippen LogP contribution in [-0.2, 0) is 4.79 Å². The van der Waals surface area contributed by atoms with Crippen molar-refractivity contribution in [2.75, 3.05) is 11.9 Å². The van der Waals surface area contributed by atoms with E-state index in [2.05, 4.69) is 5.32 Å². The maximum Gasteiger partial charge on any atom is 0.274 e. The van der Waals surface area contributed by atoms with Gasteiger partial charge in [-0.1, -0.05) is 25.3 Å². The second-order valence-electron chi connectivity index (χ2n) is 5.76. The first-order valence-corrected chi connectivity index (χ1v) is 7.25. The number of carbonyl (C=O) groups is 1. The molecule has 0 aliphatic heterocycles. The Labute approximate surface area is 123 Å². The quantitative estimate of drug-likeness (QED) is 0.658. The largest absolute Gasteiger partial charge is 0.329 e. The third-order valence-electron chi connectivity index (χ3n) is 4.35. The molecular weight excluding hydrogens is 270 g/mol. The van der Waals surface area contributed by atoms with Gasteiger partial charge in [-0.15, -0.1) is 0 Å². The van der Waals surface area contributed by atoms with Crippen LogP contribution in [0, 0.1) is 22.5 Å². The average molecular weight is 291 g/mol. The predicted molar refractivity (Wildman–Crippen MR) is 81.0 cm³/mol. The molecule has 0 saturated heterocycles. The van der Waals surface area contributed by atoms with Crippen LogP contribution < -0.4 is 11.1 Å². The van der Waals surface area contributed by atoms with E-state index >= 15 is 0 Å². The molecule has 0 aromatic heterocycles. The van der Waals surface area contributed by atoms with Crippen LogP contribution in [0.2, 0.25) is 0 Å². The lowest BCUT2D eigenvalue weighted by Crippen LogP contribution is -2.43. The Bertz CT molecular complexity index is 551. The Hall–Kier alpha value is -1.95.